The van der Waals surface area contributed by atoms with E-state index in [1.54, 1.807) is 11.0 Å². The molecule has 0 radical (unpaired) electrons. The Balaban J connectivity index is 3.22. The van der Waals surface area contributed by atoms with Gasteiger partial charge >= 0.3 is 5.97 Å². The highest BCUT2D eigenvalue weighted by molar-refractivity contribution is 6.30. The van der Waals surface area contributed by atoms with Crippen LogP contribution in [0.5, 0.6) is 0 Å². The quantitative estimate of drug-likeness (QED) is 0.473. The smallest absolute Gasteiger partial charge is 0.325 e. The van der Waals surface area contributed by atoms with E-state index in [1.807, 2.05) is 13.8 Å². The third kappa shape index (κ3) is 3.82. The van der Waals surface area contributed by atoms with E-state index in [2.05, 4.69) is 4.74 Å². The maximum absolute atomic E-state index is 11.4. The number of nitrogens with zero attached hydrogens (tertiary/aromatic N) is 2. The Morgan fingerprint density at radius 3 is 2.63 bits per heavy atom. The molecule has 1 rings (SSSR count). The zero-order chi connectivity index (χ0) is 14.6. The highest BCUT2D eigenvalue weighted by Crippen LogP contribution is 2.32. The van der Waals surface area contributed by atoms with Gasteiger partial charge in [-0.05, 0) is 26.0 Å². The second kappa shape index (κ2) is 6.38. The minimum Gasteiger partial charge on any atom is -0.468 e. The van der Waals surface area contributed by atoms with Crippen molar-refractivity contribution in [1.82, 2.24) is 0 Å². The van der Waals surface area contributed by atoms with E-state index in [1.165, 1.54) is 19.2 Å². The molecule has 0 aliphatic carbocycles. The van der Waals surface area contributed by atoms with Gasteiger partial charge < -0.3 is 9.64 Å². The second-order valence-electron chi connectivity index (χ2n) is 4.19. The van der Waals surface area contributed by atoms with Gasteiger partial charge in [-0.1, -0.05) is 11.6 Å². The summed E-state index contributed by atoms with van der Waals surface area (Å²) in [4.78, 5) is 23.5. The number of halogens is 1. The van der Waals surface area contributed by atoms with E-state index >= 15 is 0 Å². The highest BCUT2D eigenvalue weighted by atomic mass is 35.5. The Hall–Kier alpha value is -1.82. The molecular formula is C12H15ClN2O4. The maximum Gasteiger partial charge on any atom is 0.325 e. The fraction of sp³-hybridized carbons (Fsp3) is 0.417. The van der Waals surface area contributed by atoms with Crippen molar-refractivity contribution in [2.45, 2.75) is 19.9 Å². The van der Waals surface area contributed by atoms with E-state index in [-0.39, 0.29) is 23.3 Å². The fourth-order valence-corrected chi connectivity index (χ4v) is 1.80. The minimum atomic E-state index is -0.520. The molecule has 0 bridgehead atoms. The lowest BCUT2D eigenvalue weighted by molar-refractivity contribution is -0.384. The van der Waals surface area contributed by atoms with Crippen LogP contribution in [0.3, 0.4) is 0 Å². The summed E-state index contributed by atoms with van der Waals surface area (Å²) in [6, 6.07) is 4.25. The average Bonchev–Trinajstić information content (AvgIpc) is 2.35. The highest BCUT2D eigenvalue weighted by Gasteiger charge is 2.24. The SMILES string of the molecule is COC(=O)CN(c1ccc(Cl)cc1[N+](=O)[O-])C(C)C. The summed E-state index contributed by atoms with van der Waals surface area (Å²) in [5, 5.41) is 11.3. The monoisotopic (exact) mass is 286 g/mol. The molecule has 0 N–H and O–H groups in total. The van der Waals surface area contributed by atoms with Crippen molar-refractivity contribution in [3.05, 3.63) is 33.3 Å². The molecule has 1 aromatic carbocycles. The van der Waals surface area contributed by atoms with Gasteiger partial charge in [0, 0.05) is 17.1 Å². The molecule has 0 saturated carbocycles. The Kier molecular flexibility index (Phi) is 5.11. The molecule has 0 spiro atoms. The molecule has 0 unspecified atom stereocenters. The zero-order valence-electron chi connectivity index (χ0n) is 10.9. The van der Waals surface area contributed by atoms with Gasteiger partial charge in [-0.2, -0.15) is 0 Å². The Morgan fingerprint density at radius 2 is 2.16 bits per heavy atom. The van der Waals surface area contributed by atoms with Gasteiger partial charge in [0.05, 0.1) is 12.0 Å². The van der Waals surface area contributed by atoms with Crippen LogP contribution in [0.15, 0.2) is 18.2 Å². The molecule has 0 fully saturated rings. The van der Waals surface area contributed by atoms with Crippen molar-refractivity contribution in [1.29, 1.82) is 0 Å². The summed E-state index contributed by atoms with van der Waals surface area (Å²) in [7, 11) is 1.27. The summed E-state index contributed by atoms with van der Waals surface area (Å²) >= 11 is 5.76. The third-order valence-corrected chi connectivity index (χ3v) is 2.83. The second-order valence-corrected chi connectivity index (χ2v) is 4.62. The van der Waals surface area contributed by atoms with Crippen LogP contribution in [0, 0.1) is 10.1 Å². The number of esters is 1. The number of carbonyl (C=O) groups is 1. The van der Waals surface area contributed by atoms with Crippen LogP contribution in [0.1, 0.15) is 13.8 Å². The lowest BCUT2D eigenvalue weighted by Gasteiger charge is -2.27. The third-order valence-electron chi connectivity index (χ3n) is 2.59. The predicted molar refractivity (Wildman–Crippen MR) is 72.6 cm³/mol. The van der Waals surface area contributed by atoms with Crippen molar-refractivity contribution in [3.63, 3.8) is 0 Å². The number of methoxy groups -OCH3 is 1. The van der Waals surface area contributed by atoms with Crippen LogP contribution in [-0.2, 0) is 9.53 Å². The number of rotatable bonds is 5. The topological polar surface area (TPSA) is 72.7 Å². The van der Waals surface area contributed by atoms with Crippen molar-refractivity contribution in [2.24, 2.45) is 0 Å². The minimum absolute atomic E-state index is 0.0589. The fourth-order valence-electron chi connectivity index (χ4n) is 1.64. The molecule has 0 atom stereocenters. The molecule has 0 aromatic heterocycles. The number of carbonyl (C=O) groups excluding carboxylic acids is 1. The van der Waals surface area contributed by atoms with Crippen molar-refractivity contribution in [2.75, 3.05) is 18.6 Å². The van der Waals surface area contributed by atoms with Crippen LogP contribution in [-0.4, -0.2) is 30.6 Å². The molecule has 0 saturated heterocycles. The van der Waals surface area contributed by atoms with E-state index in [0.717, 1.165) is 0 Å². The molecule has 0 aliphatic heterocycles. The molecule has 0 heterocycles. The first-order valence-corrected chi connectivity index (χ1v) is 6.02. The number of benzene rings is 1. The van der Waals surface area contributed by atoms with Gasteiger partial charge in [-0.25, -0.2) is 0 Å². The van der Waals surface area contributed by atoms with Gasteiger partial charge in [0.25, 0.3) is 5.69 Å². The molecule has 0 aliphatic rings. The molecular weight excluding hydrogens is 272 g/mol. The number of anilines is 1. The van der Waals surface area contributed by atoms with Crippen molar-refractivity contribution in [3.8, 4) is 0 Å². The zero-order valence-corrected chi connectivity index (χ0v) is 11.7. The summed E-state index contributed by atoms with van der Waals surface area (Å²) in [5.41, 5.74) is 0.208. The van der Waals surface area contributed by atoms with Crippen LogP contribution in [0.25, 0.3) is 0 Å². The molecule has 1 aromatic rings. The van der Waals surface area contributed by atoms with E-state index < -0.39 is 10.9 Å². The van der Waals surface area contributed by atoms with E-state index in [9.17, 15) is 14.9 Å². The molecule has 19 heavy (non-hydrogen) atoms. The van der Waals surface area contributed by atoms with Crippen LogP contribution in [0.2, 0.25) is 5.02 Å². The average molecular weight is 287 g/mol. The largest absolute Gasteiger partial charge is 0.468 e. The van der Waals surface area contributed by atoms with Gasteiger partial charge in [0.2, 0.25) is 0 Å². The molecule has 104 valence electrons. The summed E-state index contributed by atoms with van der Waals surface area (Å²) in [6.07, 6.45) is 0. The van der Waals surface area contributed by atoms with Gasteiger partial charge in [0.1, 0.15) is 12.2 Å². The first kappa shape index (κ1) is 15.2. The maximum atomic E-state index is 11.4. The van der Waals surface area contributed by atoms with E-state index in [4.69, 9.17) is 11.6 Å². The van der Waals surface area contributed by atoms with E-state index in [0.29, 0.717) is 5.69 Å². The van der Waals surface area contributed by atoms with Crippen LogP contribution < -0.4 is 4.90 Å². The number of ether oxygens (including phenoxy) is 1. The number of hydrogen-bond acceptors (Lipinski definition) is 5. The van der Waals surface area contributed by atoms with Crippen LogP contribution in [0.4, 0.5) is 11.4 Å². The summed E-state index contributed by atoms with van der Waals surface area (Å²) < 4.78 is 4.60. The lowest BCUT2D eigenvalue weighted by atomic mass is 10.2. The van der Waals surface area contributed by atoms with Crippen LogP contribution >= 0.6 is 11.6 Å². The molecule has 7 heteroatoms. The van der Waals surface area contributed by atoms with Crippen molar-refractivity contribution >= 4 is 28.9 Å². The van der Waals surface area contributed by atoms with Gasteiger partial charge in [-0.15, -0.1) is 0 Å². The first-order chi connectivity index (χ1) is 8.86. The predicted octanol–water partition coefficient (Wildman–Crippen LogP) is 2.64. The molecule has 0 amide bonds. The normalized spacial score (nSPS) is 10.4. The van der Waals surface area contributed by atoms with Gasteiger partial charge in [-0.3, -0.25) is 14.9 Å². The Morgan fingerprint density at radius 1 is 1.53 bits per heavy atom. The Bertz CT molecular complexity index is 491. The lowest BCUT2D eigenvalue weighted by Crippen LogP contribution is -2.36. The van der Waals surface area contributed by atoms with Crippen molar-refractivity contribution < 1.29 is 14.5 Å². The van der Waals surface area contributed by atoms with Gasteiger partial charge in [0.15, 0.2) is 0 Å². The molecule has 6 nitrogen and oxygen atoms in total. The standard InChI is InChI=1S/C12H15ClN2O4/c1-8(2)14(7-12(16)19-3)10-5-4-9(13)6-11(10)15(17)18/h4-6,8H,7H2,1-3H3. The Labute approximate surface area is 116 Å². The number of nitro groups is 1. The summed E-state index contributed by atoms with van der Waals surface area (Å²) in [5.74, 6) is -0.460. The number of hydrogen-bond donors (Lipinski definition) is 0. The number of nitro benzene ring substituents is 1. The first-order valence-electron chi connectivity index (χ1n) is 5.64. The summed E-state index contributed by atoms with van der Waals surface area (Å²) in [6.45, 7) is 3.61.